The molecule has 11 heteroatoms. The number of nitriles is 1. The fourth-order valence-corrected chi connectivity index (χ4v) is 5.11. The summed E-state index contributed by atoms with van der Waals surface area (Å²) in [6.45, 7) is 0. The lowest BCUT2D eigenvalue weighted by molar-refractivity contribution is 0.483. The zero-order valence-electron chi connectivity index (χ0n) is 16.6. The van der Waals surface area contributed by atoms with Crippen molar-refractivity contribution in [3.05, 3.63) is 88.8 Å². The van der Waals surface area contributed by atoms with Crippen LogP contribution >= 0.6 is 0 Å². The van der Waals surface area contributed by atoms with Gasteiger partial charge < -0.3 is 4.42 Å². The van der Waals surface area contributed by atoms with E-state index in [2.05, 4.69) is 4.72 Å². The molecule has 2 N–H and O–H groups in total. The Morgan fingerprint density at radius 3 is 2.24 bits per heavy atom. The van der Waals surface area contributed by atoms with E-state index in [9.17, 15) is 26.2 Å². The fourth-order valence-electron chi connectivity index (χ4n) is 3.31. The Kier molecular flexibility index (Phi) is 5.51. The highest BCUT2D eigenvalue weighted by atomic mass is 32.2. The summed E-state index contributed by atoms with van der Waals surface area (Å²) in [7, 11) is -9.02. The van der Waals surface area contributed by atoms with Crippen molar-refractivity contribution in [2.45, 2.75) is 9.79 Å². The maximum absolute atomic E-state index is 13.0. The van der Waals surface area contributed by atoms with Gasteiger partial charge in [-0.05, 0) is 42.5 Å². The van der Waals surface area contributed by atoms with Gasteiger partial charge in [-0.3, -0.25) is 9.27 Å². The van der Waals surface area contributed by atoms with Gasteiger partial charge in [-0.15, -0.1) is 0 Å². The molecule has 4 aromatic rings. The molecule has 1 aromatic heterocycles. The van der Waals surface area contributed by atoms with Gasteiger partial charge in [-0.25, -0.2) is 13.2 Å². The Bertz CT molecular complexity index is 1700. The highest BCUT2D eigenvalue weighted by Crippen LogP contribution is 2.39. The first-order valence-corrected chi connectivity index (χ1v) is 12.2. The van der Waals surface area contributed by atoms with E-state index in [-0.39, 0.29) is 32.9 Å². The molecule has 0 atom stereocenters. The van der Waals surface area contributed by atoms with Crippen molar-refractivity contribution < 1.29 is 25.8 Å². The van der Waals surface area contributed by atoms with E-state index in [4.69, 9.17) is 9.68 Å². The lowest BCUT2D eigenvalue weighted by Gasteiger charge is -2.16. The van der Waals surface area contributed by atoms with E-state index in [1.165, 1.54) is 54.6 Å². The van der Waals surface area contributed by atoms with Crippen LogP contribution in [-0.4, -0.2) is 21.4 Å². The summed E-state index contributed by atoms with van der Waals surface area (Å²) in [5.74, 6) is 0. The fraction of sp³-hybridized carbons (Fsp3) is 0. The van der Waals surface area contributed by atoms with E-state index in [0.717, 1.165) is 6.07 Å². The molecule has 0 amide bonds. The number of fused-ring (bicyclic) bond motifs is 1. The molecule has 0 aliphatic carbocycles. The smallest absolute Gasteiger partial charge is 0.336 e. The molecule has 0 fully saturated rings. The van der Waals surface area contributed by atoms with Crippen LogP contribution in [-0.2, 0) is 20.1 Å². The van der Waals surface area contributed by atoms with Crippen LogP contribution in [0.5, 0.6) is 0 Å². The standard InChI is InChI=1S/C22H14N2O7S2/c23-13-14-7-10-16(11-8-14)32(26,27)24-18-5-2-6-19(33(28,29)30)21(18)17-4-1-3-15-9-12-20(25)31-22(15)17/h1-12,24H,(H,28,29,30). The Balaban J connectivity index is 1.98. The second-order valence-corrected chi connectivity index (χ2v) is 9.95. The number of para-hydroxylation sites is 1. The molecule has 0 aliphatic heterocycles. The molecule has 1 heterocycles. The highest BCUT2D eigenvalue weighted by Gasteiger charge is 2.25. The van der Waals surface area contributed by atoms with Crippen molar-refractivity contribution >= 4 is 36.8 Å². The Morgan fingerprint density at radius 1 is 0.879 bits per heavy atom. The molecule has 3 aromatic carbocycles. The quantitative estimate of drug-likeness (QED) is 0.324. The molecular weight excluding hydrogens is 468 g/mol. The van der Waals surface area contributed by atoms with Crippen LogP contribution in [0.2, 0.25) is 0 Å². The Morgan fingerprint density at radius 2 is 1.58 bits per heavy atom. The average Bonchev–Trinajstić information content (AvgIpc) is 2.78. The van der Waals surface area contributed by atoms with Gasteiger partial charge in [0.15, 0.2) is 0 Å². The van der Waals surface area contributed by atoms with E-state index in [1.54, 1.807) is 12.1 Å². The molecule has 0 radical (unpaired) electrons. The van der Waals surface area contributed by atoms with Crippen molar-refractivity contribution in [1.29, 1.82) is 5.26 Å². The molecule has 0 aliphatic rings. The van der Waals surface area contributed by atoms with Crippen molar-refractivity contribution in [1.82, 2.24) is 0 Å². The summed E-state index contributed by atoms with van der Waals surface area (Å²) >= 11 is 0. The summed E-state index contributed by atoms with van der Waals surface area (Å²) in [5.41, 5.74) is -0.714. The van der Waals surface area contributed by atoms with Gasteiger partial charge in [0.2, 0.25) is 0 Å². The second-order valence-electron chi connectivity index (χ2n) is 6.87. The first-order chi connectivity index (χ1) is 15.6. The molecule has 0 spiro atoms. The zero-order chi connectivity index (χ0) is 23.8. The van der Waals surface area contributed by atoms with Gasteiger partial charge in [-0.2, -0.15) is 13.7 Å². The van der Waals surface area contributed by atoms with Gasteiger partial charge in [-0.1, -0.05) is 24.3 Å². The third-order valence-corrected chi connectivity index (χ3v) is 7.04. The number of hydrogen-bond acceptors (Lipinski definition) is 7. The minimum atomic E-state index is -4.80. The van der Waals surface area contributed by atoms with Crippen LogP contribution in [0.1, 0.15) is 5.56 Å². The predicted octanol–water partition coefficient (Wildman–Crippen LogP) is 3.38. The van der Waals surface area contributed by atoms with Crippen molar-refractivity contribution in [3.8, 4) is 17.2 Å². The van der Waals surface area contributed by atoms with Gasteiger partial charge in [0.25, 0.3) is 20.1 Å². The summed E-state index contributed by atoms with van der Waals surface area (Å²) in [5, 5.41) is 9.37. The zero-order valence-corrected chi connectivity index (χ0v) is 18.2. The summed E-state index contributed by atoms with van der Waals surface area (Å²) < 4.78 is 67.7. The van der Waals surface area contributed by atoms with Gasteiger partial charge in [0, 0.05) is 22.6 Å². The van der Waals surface area contributed by atoms with Gasteiger partial charge >= 0.3 is 5.63 Å². The number of nitrogens with zero attached hydrogens (tertiary/aromatic N) is 1. The first-order valence-electron chi connectivity index (χ1n) is 9.27. The number of anilines is 1. The molecule has 0 saturated heterocycles. The topological polar surface area (TPSA) is 155 Å². The number of benzene rings is 3. The SMILES string of the molecule is N#Cc1ccc(S(=O)(=O)Nc2cccc(S(=O)(=O)O)c2-c2cccc3ccc(=O)oc23)cc1. The van der Waals surface area contributed by atoms with Crippen molar-refractivity contribution in [2.24, 2.45) is 0 Å². The largest absolute Gasteiger partial charge is 0.422 e. The third kappa shape index (κ3) is 4.35. The monoisotopic (exact) mass is 482 g/mol. The van der Waals surface area contributed by atoms with Crippen LogP contribution in [0.3, 0.4) is 0 Å². The second kappa shape index (κ2) is 8.18. The van der Waals surface area contributed by atoms with E-state index >= 15 is 0 Å². The predicted molar refractivity (Wildman–Crippen MR) is 120 cm³/mol. The molecule has 0 unspecified atom stereocenters. The summed E-state index contributed by atoms with van der Waals surface area (Å²) in [6, 6.07) is 17.9. The van der Waals surface area contributed by atoms with Crippen molar-refractivity contribution in [3.63, 3.8) is 0 Å². The lowest BCUT2D eigenvalue weighted by Crippen LogP contribution is -2.15. The van der Waals surface area contributed by atoms with Crippen LogP contribution in [0, 0.1) is 11.3 Å². The Labute approximate surface area is 188 Å². The number of nitrogens with one attached hydrogen (secondary N) is 1. The van der Waals surface area contributed by atoms with Crippen LogP contribution < -0.4 is 10.3 Å². The van der Waals surface area contributed by atoms with Gasteiger partial charge in [0.1, 0.15) is 10.5 Å². The minimum Gasteiger partial charge on any atom is -0.422 e. The van der Waals surface area contributed by atoms with E-state index in [1.807, 2.05) is 6.07 Å². The average molecular weight is 482 g/mol. The highest BCUT2D eigenvalue weighted by molar-refractivity contribution is 7.92. The van der Waals surface area contributed by atoms with Crippen LogP contribution in [0.4, 0.5) is 5.69 Å². The maximum Gasteiger partial charge on any atom is 0.336 e. The first kappa shape index (κ1) is 22.2. The van der Waals surface area contributed by atoms with Crippen molar-refractivity contribution in [2.75, 3.05) is 4.72 Å². The normalized spacial score (nSPS) is 11.8. The molecule has 33 heavy (non-hydrogen) atoms. The molecule has 0 bridgehead atoms. The summed E-state index contributed by atoms with van der Waals surface area (Å²) in [6.07, 6.45) is 0. The number of sulfonamides is 1. The number of hydrogen-bond donors (Lipinski definition) is 2. The third-order valence-electron chi connectivity index (χ3n) is 4.76. The number of rotatable bonds is 5. The lowest BCUT2D eigenvalue weighted by atomic mass is 10.0. The van der Waals surface area contributed by atoms with Crippen LogP contribution in [0.25, 0.3) is 22.1 Å². The van der Waals surface area contributed by atoms with E-state index < -0.39 is 30.7 Å². The molecule has 0 saturated carbocycles. The van der Waals surface area contributed by atoms with Crippen LogP contribution in [0.15, 0.2) is 91.8 Å². The Hall–Kier alpha value is -3.98. The maximum atomic E-state index is 13.0. The molecule has 9 nitrogen and oxygen atoms in total. The summed E-state index contributed by atoms with van der Waals surface area (Å²) in [4.78, 5) is 11.1. The molecule has 4 rings (SSSR count). The van der Waals surface area contributed by atoms with Gasteiger partial charge in [0.05, 0.1) is 22.2 Å². The minimum absolute atomic E-state index is 0.0138. The van der Waals surface area contributed by atoms with E-state index in [0.29, 0.717) is 5.39 Å². The molecule has 166 valence electrons. The molecular formula is C22H14N2O7S2.